The van der Waals surface area contributed by atoms with E-state index in [1.807, 2.05) is 66.7 Å². The molecule has 5 nitrogen and oxygen atoms in total. The van der Waals surface area contributed by atoms with Crippen LogP contribution in [-0.4, -0.2) is 53.2 Å². The molecular formula is C31H35Cl3N2O3. The van der Waals surface area contributed by atoms with Crippen LogP contribution in [0.1, 0.15) is 54.1 Å². The number of hydrogen-bond acceptors (Lipinski definition) is 4. The van der Waals surface area contributed by atoms with Gasteiger partial charge in [0.1, 0.15) is 17.4 Å². The van der Waals surface area contributed by atoms with E-state index in [4.69, 9.17) is 27.9 Å². The van der Waals surface area contributed by atoms with Crippen molar-refractivity contribution < 1.29 is 14.6 Å². The Balaban J connectivity index is 0.00000353. The Hall–Kier alpha value is -2.12. The molecule has 3 unspecified atom stereocenters. The molecule has 39 heavy (non-hydrogen) atoms. The van der Waals surface area contributed by atoms with Crippen LogP contribution in [-0.2, 0) is 15.9 Å². The van der Waals surface area contributed by atoms with E-state index in [0.29, 0.717) is 34.1 Å². The molecule has 5 rings (SSSR count). The normalized spacial score (nSPS) is 25.6. The summed E-state index contributed by atoms with van der Waals surface area (Å²) in [5.74, 6) is -0.0928. The highest BCUT2D eigenvalue weighted by Crippen LogP contribution is 2.51. The first kappa shape index (κ1) is 29.9. The summed E-state index contributed by atoms with van der Waals surface area (Å²) >= 11 is 12.9. The van der Waals surface area contributed by atoms with Gasteiger partial charge in [0.2, 0.25) is 0 Å². The minimum absolute atomic E-state index is 0. The fourth-order valence-electron chi connectivity index (χ4n) is 5.97. The van der Waals surface area contributed by atoms with Crippen LogP contribution in [0, 0.1) is 0 Å². The van der Waals surface area contributed by atoms with Crippen LogP contribution in [0.5, 0.6) is 0 Å². The topological polar surface area (TPSA) is 53.0 Å². The van der Waals surface area contributed by atoms with E-state index in [2.05, 4.69) is 11.8 Å². The number of piperidine rings is 2. The Bertz CT molecular complexity index is 1260. The van der Waals surface area contributed by atoms with Gasteiger partial charge in [-0.05, 0) is 61.2 Å². The molecule has 0 radical (unpaired) electrons. The van der Waals surface area contributed by atoms with Gasteiger partial charge in [-0.15, -0.1) is 12.4 Å². The van der Waals surface area contributed by atoms with Crippen LogP contribution in [0.2, 0.25) is 10.0 Å². The van der Waals surface area contributed by atoms with Gasteiger partial charge in [-0.3, -0.25) is 9.69 Å². The molecule has 2 heterocycles. The predicted molar refractivity (Wildman–Crippen MR) is 159 cm³/mol. The Morgan fingerprint density at radius 3 is 2.31 bits per heavy atom. The third kappa shape index (κ3) is 5.72. The van der Waals surface area contributed by atoms with Crippen molar-refractivity contribution in [2.45, 2.75) is 50.0 Å². The van der Waals surface area contributed by atoms with E-state index in [1.165, 1.54) is 0 Å². The first-order chi connectivity index (χ1) is 18.4. The van der Waals surface area contributed by atoms with E-state index in [-0.39, 0.29) is 31.1 Å². The van der Waals surface area contributed by atoms with Gasteiger partial charge in [-0.25, -0.2) is 0 Å². The fourth-order valence-corrected chi connectivity index (χ4v) is 6.27. The molecule has 3 aromatic rings. The van der Waals surface area contributed by atoms with Gasteiger partial charge in [0.05, 0.1) is 16.6 Å². The van der Waals surface area contributed by atoms with E-state index in [9.17, 15) is 9.90 Å². The lowest BCUT2D eigenvalue weighted by Gasteiger charge is -2.55. The van der Waals surface area contributed by atoms with Crippen molar-refractivity contribution in [1.82, 2.24) is 9.80 Å². The summed E-state index contributed by atoms with van der Waals surface area (Å²) in [5, 5.41) is 13.6. The second-order valence-corrected chi connectivity index (χ2v) is 11.0. The number of likely N-dealkylation sites (tertiary alicyclic amines) is 2. The fraction of sp³-hybridized carbons (Fsp3) is 0.387. The van der Waals surface area contributed by atoms with Crippen LogP contribution < -0.4 is 0 Å². The highest BCUT2D eigenvalue weighted by Gasteiger charge is 2.59. The van der Waals surface area contributed by atoms with Gasteiger partial charge in [-0.1, -0.05) is 84.7 Å². The third-order valence-electron chi connectivity index (χ3n) is 8.07. The maximum atomic E-state index is 13.7. The van der Waals surface area contributed by atoms with Crippen molar-refractivity contribution in [3.8, 4) is 0 Å². The van der Waals surface area contributed by atoms with Crippen molar-refractivity contribution >= 4 is 41.5 Å². The number of halogens is 3. The Morgan fingerprint density at radius 2 is 1.64 bits per heavy atom. The van der Waals surface area contributed by atoms with Crippen molar-refractivity contribution in [3.63, 3.8) is 0 Å². The molecule has 0 bridgehead atoms. The second kappa shape index (κ2) is 12.6. The van der Waals surface area contributed by atoms with Crippen molar-refractivity contribution in [1.29, 1.82) is 0 Å². The molecule has 1 amide bonds. The Kier molecular flexibility index (Phi) is 9.64. The molecule has 0 saturated carbocycles. The van der Waals surface area contributed by atoms with Crippen LogP contribution in [0.15, 0.2) is 78.9 Å². The Morgan fingerprint density at radius 1 is 0.949 bits per heavy atom. The number of hydrogen-bond donors (Lipinski definition) is 1. The number of nitrogens with zero attached hydrogens (tertiary/aromatic N) is 2. The smallest absolute Gasteiger partial charge is 0.253 e. The third-order valence-corrected chi connectivity index (χ3v) is 8.81. The van der Waals surface area contributed by atoms with Gasteiger partial charge in [0.25, 0.3) is 5.91 Å². The summed E-state index contributed by atoms with van der Waals surface area (Å²) in [4.78, 5) is 17.8. The summed E-state index contributed by atoms with van der Waals surface area (Å²) in [7, 11) is 0. The van der Waals surface area contributed by atoms with Crippen molar-refractivity contribution in [3.05, 3.63) is 106 Å². The average Bonchev–Trinajstić information content (AvgIpc) is 2.96. The minimum Gasteiger partial charge on any atom is -0.382 e. The molecule has 2 saturated heterocycles. The van der Waals surface area contributed by atoms with Gasteiger partial charge >= 0.3 is 0 Å². The van der Waals surface area contributed by atoms with Gasteiger partial charge < -0.3 is 14.7 Å². The maximum absolute atomic E-state index is 13.7. The summed E-state index contributed by atoms with van der Waals surface area (Å²) in [6, 6.07) is 24.3. The highest BCUT2D eigenvalue weighted by atomic mass is 35.5. The first-order valence-corrected chi connectivity index (χ1v) is 14.1. The monoisotopic (exact) mass is 588 g/mol. The molecule has 0 aliphatic carbocycles. The first-order valence-electron chi connectivity index (χ1n) is 13.4. The lowest BCUT2D eigenvalue weighted by molar-refractivity contribution is -0.272. The molecule has 0 spiro atoms. The largest absolute Gasteiger partial charge is 0.382 e. The van der Waals surface area contributed by atoms with E-state index in [1.54, 1.807) is 17.0 Å². The zero-order valence-electron chi connectivity index (χ0n) is 22.1. The molecule has 2 aliphatic rings. The number of carbonyl (C=O) groups excluding carboxylic acids is 1. The summed E-state index contributed by atoms with van der Waals surface area (Å²) in [6.45, 7) is 4.43. The van der Waals surface area contributed by atoms with Gasteiger partial charge in [0.15, 0.2) is 0 Å². The van der Waals surface area contributed by atoms with Gasteiger partial charge in [-0.2, -0.15) is 0 Å². The highest BCUT2D eigenvalue weighted by molar-refractivity contribution is 6.42. The summed E-state index contributed by atoms with van der Waals surface area (Å²) in [5.41, 5.74) is -0.660. The number of aliphatic hydroxyl groups is 1. The quantitative estimate of drug-likeness (QED) is 0.340. The van der Waals surface area contributed by atoms with Gasteiger partial charge in [0, 0.05) is 25.1 Å². The lowest BCUT2D eigenvalue weighted by Crippen LogP contribution is -2.65. The number of rotatable bonds is 6. The molecule has 3 atom stereocenters. The van der Waals surface area contributed by atoms with Crippen molar-refractivity contribution in [2.24, 2.45) is 0 Å². The predicted octanol–water partition coefficient (Wildman–Crippen LogP) is 6.89. The number of amides is 1. The van der Waals surface area contributed by atoms with Crippen LogP contribution >= 0.6 is 35.6 Å². The molecule has 2 aliphatic heterocycles. The van der Waals surface area contributed by atoms with E-state index < -0.39 is 11.2 Å². The molecule has 2 fully saturated rings. The summed E-state index contributed by atoms with van der Waals surface area (Å²) < 4.78 is 7.17. The number of carbonyl (C=O) groups is 1. The zero-order valence-corrected chi connectivity index (χ0v) is 24.4. The zero-order chi connectivity index (χ0) is 26.8. The van der Waals surface area contributed by atoms with Crippen LogP contribution in [0.3, 0.4) is 0 Å². The molecule has 1 N–H and O–H groups in total. The number of benzene rings is 3. The SMILES string of the molecule is CCN1CCCCC1OC1(c2ccc(Cl)c(Cl)c2)CN(C(=O)c2ccccc2)CCC1(O)c1ccccc1.Cl. The van der Waals surface area contributed by atoms with Crippen LogP contribution in [0.25, 0.3) is 0 Å². The standard InChI is InChI=1S/C31H34Cl2N2O3.ClH/c1-2-34-19-10-9-15-28(34)38-31(25-16-17-26(32)27(33)21-25)22-35(29(36)23-11-5-3-6-12-23)20-18-30(31,37)24-13-7-4-8-14-24;/h3-8,11-14,16-17,21,28,37H,2,9-10,15,18-20,22H2,1H3;1H. The molecule has 0 aromatic heterocycles. The molecule has 8 heteroatoms. The van der Waals surface area contributed by atoms with E-state index in [0.717, 1.165) is 37.9 Å². The van der Waals surface area contributed by atoms with Crippen LogP contribution in [0.4, 0.5) is 0 Å². The maximum Gasteiger partial charge on any atom is 0.253 e. The Labute approximate surface area is 247 Å². The lowest BCUT2D eigenvalue weighted by atomic mass is 9.68. The molecule has 208 valence electrons. The van der Waals surface area contributed by atoms with Crippen molar-refractivity contribution in [2.75, 3.05) is 26.2 Å². The molecular weight excluding hydrogens is 555 g/mol. The second-order valence-electron chi connectivity index (χ2n) is 10.2. The van der Waals surface area contributed by atoms with E-state index >= 15 is 0 Å². The molecule has 3 aromatic carbocycles. The minimum atomic E-state index is -1.42. The average molecular weight is 590 g/mol. The summed E-state index contributed by atoms with van der Waals surface area (Å²) in [6.07, 6.45) is 3.07. The number of ether oxygens (including phenoxy) is 1.